The zero-order valence-corrected chi connectivity index (χ0v) is 14.8. The van der Waals surface area contributed by atoms with Gasteiger partial charge in [0.2, 0.25) is 5.91 Å². The lowest BCUT2D eigenvalue weighted by Crippen LogP contribution is -2.50. The number of nitrogens with one attached hydrogen (secondary N) is 1. The molecule has 0 aliphatic rings. The van der Waals surface area contributed by atoms with Crippen LogP contribution < -0.4 is 11.1 Å². The minimum atomic E-state index is -0.688. The summed E-state index contributed by atoms with van der Waals surface area (Å²) in [5.74, 6) is -0.473. The first kappa shape index (κ1) is 21.4. The van der Waals surface area contributed by atoms with Crippen molar-refractivity contribution in [3.8, 4) is 0 Å². The highest BCUT2D eigenvalue weighted by atomic mass is 35.5. The topological polar surface area (TPSA) is 81.4 Å². The standard InChI is InChI=1S/C17H26N2O3.ClH/c1-4-22-17(21)15(10-12(2)3)19-16(20)14(18)11-13-8-6-5-7-9-13;/h5-9,12,14-15H,4,10-11,18H2,1-3H3,(H,19,20);1H. The van der Waals surface area contributed by atoms with Crippen molar-refractivity contribution >= 4 is 24.3 Å². The monoisotopic (exact) mass is 342 g/mol. The third-order valence-corrected chi connectivity index (χ3v) is 3.23. The third kappa shape index (κ3) is 8.00. The summed E-state index contributed by atoms with van der Waals surface area (Å²) in [5, 5.41) is 2.71. The van der Waals surface area contributed by atoms with Crippen molar-refractivity contribution in [2.45, 2.75) is 45.7 Å². The Hall–Kier alpha value is -1.59. The van der Waals surface area contributed by atoms with Crippen LogP contribution in [0.3, 0.4) is 0 Å². The van der Waals surface area contributed by atoms with Crippen molar-refractivity contribution in [3.05, 3.63) is 35.9 Å². The lowest BCUT2D eigenvalue weighted by molar-refractivity contribution is -0.148. The van der Waals surface area contributed by atoms with Crippen molar-refractivity contribution in [3.63, 3.8) is 0 Å². The molecule has 1 aromatic rings. The Labute approximate surface area is 144 Å². The van der Waals surface area contributed by atoms with Crippen molar-refractivity contribution in [1.82, 2.24) is 5.32 Å². The molecule has 23 heavy (non-hydrogen) atoms. The van der Waals surface area contributed by atoms with E-state index in [0.29, 0.717) is 19.4 Å². The molecule has 0 fully saturated rings. The van der Waals surface area contributed by atoms with Crippen LogP contribution in [0, 0.1) is 5.92 Å². The predicted molar refractivity (Wildman–Crippen MR) is 93.4 cm³/mol. The molecule has 2 unspecified atom stereocenters. The molecule has 1 rings (SSSR count). The number of esters is 1. The number of benzene rings is 1. The van der Waals surface area contributed by atoms with E-state index in [1.165, 1.54) is 0 Å². The molecule has 0 aromatic heterocycles. The smallest absolute Gasteiger partial charge is 0.328 e. The number of rotatable bonds is 8. The molecule has 1 aromatic carbocycles. The molecule has 0 radical (unpaired) electrons. The van der Waals surface area contributed by atoms with E-state index in [1.54, 1.807) is 6.92 Å². The molecule has 0 saturated heterocycles. The van der Waals surface area contributed by atoms with Crippen LogP contribution in [0.4, 0.5) is 0 Å². The lowest BCUT2D eigenvalue weighted by atomic mass is 10.0. The summed E-state index contributed by atoms with van der Waals surface area (Å²) in [6.07, 6.45) is 0.965. The number of amides is 1. The highest BCUT2D eigenvalue weighted by Gasteiger charge is 2.25. The van der Waals surface area contributed by atoms with Crippen molar-refractivity contribution in [1.29, 1.82) is 0 Å². The molecule has 2 atom stereocenters. The Morgan fingerprint density at radius 1 is 1.22 bits per heavy atom. The van der Waals surface area contributed by atoms with Gasteiger partial charge in [0.05, 0.1) is 12.6 Å². The maximum atomic E-state index is 12.2. The number of carbonyl (C=O) groups excluding carboxylic acids is 2. The second-order valence-corrected chi connectivity index (χ2v) is 5.74. The number of hydrogen-bond acceptors (Lipinski definition) is 4. The van der Waals surface area contributed by atoms with Crippen molar-refractivity contribution in [2.24, 2.45) is 11.7 Å². The van der Waals surface area contributed by atoms with E-state index >= 15 is 0 Å². The normalized spacial score (nSPS) is 12.9. The van der Waals surface area contributed by atoms with Crippen LogP contribution in [0.2, 0.25) is 0 Å². The fourth-order valence-electron chi connectivity index (χ4n) is 2.17. The SMILES string of the molecule is CCOC(=O)C(CC(C)C)NC(=O)C(N)Cc1ccccc1.Cl. The van der Waals surface area contributed by atoms with Gasteiger partial charge in [-0.25, -0.2) is 4.79 Å². The van der Waals surface area contributed by atoms with E-state index in [0.717, 1.165) is 5.56 Å². The number of nitrogens with two attached hydrogens (primary N) is 1. The molecule has 6 heteroatoms. The Morgan fingerprint density at radius 3 is 2.35 bits per heavy atom. The van der Waals surface area contributed by atoms with Gasteiger partial charge in [-0.05, 0) is 31.2 Å². The number of hydrogen-bond donors (Lipinski definition) is 2. The molecule has 3 N–H and O–H groups in total. The average Bonchev–Trinajstić information content (AvgIpc) is 2.47. The Bertz CT molecular complexity index is 480. The Balaban J connectivity index is 0.00000484. The summed E-state index contributed by atoms with van der Waals surface area (Å²) < 4.78 is 5.01. The molecule has 0 bridgehead atoms. The molecule has 0 spiro atoms. The van der Waals surface area contributed by atoms with Gasteiger partial charge in [-0.3, -0.25) is 4.79 Å². The van der Waals surface area contributed by atoms with Crippen LogP contribution in [0.25, 0.3) is 0 Å². The summed E-state index contributed by atoms with van der Waals surface area (Å²) in [7, 11) is 0. The number of carbonyl (C=O) groups is 2. The predicted octanol–water partition coefficient (Wildman–Crippen LogP) is 2.07. The van der Waals surface area contributed by atoms with Gasteiger partial charge in [0.25, 0.3) is 0 Å². The van der Waals surface area contributed by atoms with E-state index in [9.17, 15) is 9.59 Å². The molecular formula is C17H27ClN2O3. The molecule has 1 amide bonds. The largest absolute Gasteiger partial charge is 0.464 e. The highest BCUT2D eigenvalue weighted by Crippen LogP contribution is 2.08. The Morgan fingerprint density at radius 2 is 1.83 bits per heavy atom. The molecule has 0 saturated carbocycles. The lowest BCUT2D eigenvalue weighted by Gasteiger charge is -2.21. The molecule has 130 valence electrons. The van der Waals surface area contributed by atoms with Gasteiger partial charge in [-0.2, -0.15) is 0 Å². The first-order valence-corrected chi connectivity index (χ1v) is 7.70. The van der Waals surface area contributed by atoms with Crippen LogP contribution >= 0.6 is 12.4 Å². The van der Waals surface area contributed by atoms with E-state index < -0.39 is 18.1 Å². The van der Waals surface area contributed by atoms with Gasteiger partial charge >= 0.3 is 5.97 Å². The van der Waals surface area contributed by atoms with Crippen LogP contribution in [0.1, 0.15) is 32.8 Å². The van der Waals surface area contributed by atoms with Gasteiger partial charge in [-0.1, -0.05) is 44.2 Å². The van der Waals surface area contributed by atoms with Crippen LogP contribution in [-0.4, -0.2) is 30.6 Å². The van der Waals surface area contributed by atoms with Gasteiger partial charge in [0.15, 0.2) is 0 Å². The summed E-state index contributed by atoms with van der Waals surface area (Å²) in [6.45, 7) is 6.01. The molecular weight excluding hydrogens is 316 g/mol. The van der Waals surface area contributed by atoms with Crippen molar-refractivity contribution in [2.75, 3.05) is 6.61 Å². The summed E-state index contributed by atoms with van der Waals surface area (Å²) in [5.41, 5.74) is 6.93. The van der Waals surface area contributed by atoms with E-state index in [4.69, 9.17) is 10.5 Å². The van der Waals surface area contributed by atoms with Crippen molar-refractivity contribution < 1.29 is 14.3 Å². The second-order valence-electron chi connectivity index (χ2n) is 5.74. The van der Waals surface area contributed by atoms with Gasteiger partial charge in [0, 0.05) is 0 Å². The fourth-order valence-corrected chi connectivity index (χ4v) is 2.17. The summed E-state index contributed by atoms with van der Waals surface area (Å²) >= 11 is 0. The quantitative estimate of drug-likeness (QED) is 0.709. The van der Waals surface area contributed by atoms with Crippen LogP contribution in [0.5, 0.6) is 0 Å². The number of ether oxygens (including phenoxy) is 1. The first-order chi connectivity index (χ1) is 10.4. The fraction of sp³-hybridized carbons (Fsp3) is 0.529. The van der Waals surface area contributed by atoms with Gasteiger partial charge in [0.1, 0.15) is 6.04 Å². The van der Waals surface area contributed by atoms with Gasteiger partial charge < -0.3 is 15.8 Å². The maximum Gasteiger partial charge on any atom is 0.328 e. The number of halogens is 1. The van der Waals surface area contributed by atoms with E-state index in [-0.39, 0.29) is 24.2 Å². The molecule has 0 aliphatic carbocycles. The first-order valence-electron chi connectivity index (χ1n) is 7.70. The third-order valence-electron chi connectivity index (χ3n) is 3.23. The average molecular weight is 343 g/mol. The molecule has 0 aliphatic heterocycles. The molecule has 5 nitrogen and oxygen atoms in total. The van der Waals surface area contributed by atoms with Crippen LogP contribution in [-0.2, 0) is 20.7 Å². The minimum Gasteiger partial charge on any atom is -0.464 e. The molecule has 0 heterocycles. The van der Waals surface area contributed by atoms with Crippen LogP contribution in [0.15, 0.2) is 30.3 Å². The van der Waals surface area contributed by atoms with Gasteiger partial charge in [-0.15, -0.1) is 12.4 Å². The van der Waals surface area contributed by atoms with E-state index in [2.05, 4.69) is 5.32 Å². The zero-order valence-electron chi connectivity index (χ0n) is 14.0. The highest BCUT2D eigenvalue weighted by molar-refractivity contribution is 5.87. The second kappa shape index (κ2) is 11.0. The summed E-state index contributed by atoms with van der Waals surface area (Å²) in [6, 6.07) is 8.23. The summed E-state index contributed by atoms with van der Waals surface area (Å²) in [4.78, 5) is 24.1. The Kier molecular flexibility index (Phi) is 10.3. The van der Waals surface area contributed by atoms with E-state index in [1.807, 2.05) is 44.2 Å². The minimum absolute atomic E-state index is 0. The maximum absolute atomic E-state index is 12.2. The zero-order chi connectivity index (χ0) is 16.5.